The standard InChI is InChI=1S/C38H46N6O9S/c1-7-21-17-38(21,35(48)49)43-32(46)28-15-24(18-44(28)34(47)31(37(3,4)5)42-36(50)53-22-10-8-9-11-22)52-29-16-27(33-41-30(19-54-33)39-20(2)45)40-26-14-23(51-6)12-13-25(26)29/h7,12-14,16,19,21-22,24,28,31H,1,8-11,15,17-18H2,2-6H3,(H,39,45)(H,42,50)(H,43,46)(H,48,49)/t21-,24-,28+,31-,38-/m1/s1. The van der Waals surface area contributed by atoms with Gasteiger partial charge in [-0.3, -0.25) is 14.4 Å². The second kappa shape index (κ2) is 15.2. The Labute approximate surface area is 316 Å². The van der Waals surface area contributed by atoms with Gasteiger partial charge >= 0.3 is 12.1 Å². The molecule has 5 atom stereocenters. The minimum Gasteiger partial charge on any atom is -0.497 e. The number of benzene rings is 1. The zero-order valence-corrected chi connectivity index (χ0v) is 31.8. The lowest BCUT2D eigenvalue weighted by Crippen LogP contribution is -2.59. The predicted molar refractivity (Wildman–Crippen MR) is 200 cm³/mol. The molecule has 2 aromatic heterocycles. The number of likely N-dealkylation sites (tertiary alicyclic amines) is 1. The average molecular weight is 763 g/mol. The topological polar surface area (TPSA) is 198 Å². The molecule has 4 N–H and O–H groups in total. The van der Waals surface area contributed by atoms with Crippen LogP contribution in [-0.2, 0) is 23.9 Å². The molecule has 288 valence electrons. The van der Waals surface area contributed by atoms with Crippen LogP contribution in [0.4, 0.5) is 10.6 Å². The van der Waals surface area contributed by atoms with E-state index in [-0.39, 0.29) is 31.4 Å². The zero-order valence-electron chi connectivity index (χ0n) is 31.0. The number of nitrogens with one attached hydrogen (secondary N) is 3. The molecule has 3 aliphatic rings. The molecule has 54 heavy (non-hydrogen) atoms. The average Bonchev–Trinajstić information content (AvgIpc) is 3.53. The number of hydrogen-bond acceptors (Lipinski definition) is 11. The number of hydrogen-bond donors (Lipinski definition) is 4. The van der Waals surface area contributed by atoms with E-state index in [9.17, 15) is 29.1 Å². The van der Waals surface area contributed by atoms with Crippen LogP contribution in [0.15, 0.2) is 42.3 Å². The highest BCUT2D eigenvalue weighted by Gasteiger charge is 2.61. The number of amides is 4. The number of aliphatic carboxylic acids is 1. The number of pyridine rings is 1. The molecule has 1 aliphatic heterocycles. The Hall–Kier alpha value is -5.25. The van der Waals surface area contributed by atoms with Crippen LogP contribution < -0.4 is 25.4 Å². The molecule has 3 fully saturated rings. The molecule has 2 aliphatic carbocycles. The third-order valence-corrected chi connectivity index (χ3v) is 11.0. The molecule has 0 unspecified atom stereocenters. The lowest BCUT2D eigenvalue weighted by molar-refractivity contribution is -0.146. The summed E-state index contributed by atoms with van der Waals surface area (Å²) in [4.78, 5) is 76.3. The van der Waals surface area contributed by atoms with Gasteiger partial charge in [-0.05, 0) is 49.7 Å². The van der Waals surface area contributed by atoms with Gasteiger partial charge in [0.1, 0.15) is 57.8 Å². The number of anilines is 1. The summed E-state index contributed by atoms with van der Waals surface area (Å²) >= 11 is 1.28. The molecule has 4 amide bonds. The summed E-state index contributed by atoms with van der Waals surface area (Å²) in [5.41, 5.74) is -1.34. The fourth-order valence-electron chi connectivity index (χ4n) is 7.14. The maximum atomic E-state index is 14.5. The first-order valence-electron chi connectivity index (χ1n) is 18.0. The van der Waals surface area contributed by atoms with Gasteiger partial charge in [-0.1, -0.05) is 26.8 Å². The second-order valence-electron chi connectivity index (χ2n) is 15.2. The number of fused-ring (bicyclic) bond motifs is 1. The lowest BCUT2D eigenvalue weighted by atomic mass is 9.85. The Bertz CT molecular complexity index is 1970. The maximum absolute atomic E-state index is 14.5. The number of ether oxygens (including phenoxy) is 3. The predicted octanol–water partition coefficient (Wildman–Crippen LogP) is 4.90. The van der Waals surface area contributed by atoms with Crippen molar-refractivity contribution in [3.63, 3.8) is 0 Å². The monoisotopic (exact) mass is 762 g/mol. The van der Waals surface area contributed by atoms with Crippen molar-refractivity contribution in [1.29, 1.82) is 0 Å². The Morgan fingerprint density at radius 3 is 2.48 bits per heavy atom. The van der Waals surface area contributed by atoms with E-state index in [1.807, 2.05) is 0 Å². The highest BCUT2D eigenvalue weighted by Crippen LogP contribution is 2.45. The van der Waals surface area contributed by atoms with Gasteiger partial charge in [0.05, 0.1) is 19.2 Å². The van der Waals surface area contributed by atoms with Crippen molar-refractivity contribution in [3.8, 4) is 22.2 Å². The number of aromatic nitrogens is 2. The summed E-state index contributed by atoms with van der Waals surface area (Å²) in [6.45, 7) is 10.5. The molecule has 2 saturated carbocycles. The first-order chi connectivity index (χ1) is 25.6. The van der Waals surface area contributed by atoms with Crippen molar-refractivity contribution in [2.75, 3.05) is 19.0 Å². The summed E-state index contributed by atoms with van der Waals surface area (Å²) in [6, 6.07) is 4.80. The molecule has 0 radical (unpaired) electrons. The Kier molecular flexibility index (Phi) is 10.9. The van der Waals surface area contributed by atoms with Crippen LogP contribution in [0, 0.1) is 11.3 Å². The summed E-state index contributed by atoms with van der Waals surface area (Å²) in [5.74, 6) is -1.78. The van der Waals surface area contributed by atoms with E-state index >= 15 is 0 Å². The number of carbonyl (C=O) groups is 5. The molecule has 0 bridgehead atoms. The highest BCUT2D eigenvalue weighted by molar-refractivity contribution is 7.13. The van der Waals surface area contributed by atoms with Gasteiger partial charge in [-0.15, -0.1) is 17.9 Å². The van der Waals surface area contributed by atoms with Crippen LogP contribution >= 0.6 is 11.3 Å². The summed E-state index contributed by atoms with van der Waals surface area (Å²) in [7, 11) is 1.54. The summed E-state index contributed by atoms with van der Waals surface area (Å²) in [5, 5.41) is 21.0. The van der Waals surface area contributed by atoms with Crippen LogP contribution in [0.3, 0.4) is 0 Å². The number of methoxy groups -OCH3 is 1. The van der Waals surface area contributed by atoms with E-state index in [2.05, 4.69) is 27.5 Å². The minimum absolute atomic E-state index is 0.0225. The molecule has 15 nitrogen and oxygen atoms in total. The number of alkyl carbamates (subject to hydrolysis) is 1. The maximum Gasteiger partial charge on any atom is 0.408 e. The Morgan fingerprint density at radius 2 is 1.85 bits per heavy atom. The van der Waals surface area contributed by atoms with Gasteiger partial charge in [0.15, 0.2) is 0 Å². The molecular weight excluding hydrogens is 717 g/mol. The molecule has 1 saturated heterocycles. The number of carboxylic acid groups (broad SMARTS) is 1. The number of carboxylic acids is 1. The van der Waals surface area contributed by atoms with Crippen LogP contribution in [0.2, 0.25) is 0 Å². The van der Waals surface area contributed by atoms with Crippen molar-refractivity contribution in [1.82, 2.24) is 25.5 Å². The van der Waals surface area contributed by atoms with Crippen molar-refractivity contribution >= 4 is 57.8 Å². The van der Waals surface area contributed by atoms with Gasteiger partial charge in [0, 0.05) is 42.2 Å². The van der Waals surface area contributed by atoms with E-state index in [1.165, 1.54) is 29.2 Å². The number of carbonyl (C=O) groups excluding carboxylic acids is 4. The first-order valence-corrected chi connectivity index (χ1v) is 18.8. The van der Waals surface area contributed by atoms with Crippen LogP contribution in [0.1, 0.15) is 66.2 Å². The quantitative estimate of drug-likeness (QED) is 0.183. The van der Waals surface area contributed by atoms with Crippen LogP contribution in [0.25, 0.3) is 21.6 Å². The number of rotatable bonds is 12. The second-order valence-corrected chi connectivity index (χ2v) is 16.0. The van der Waals surface area contributed by atoms with Crippen LogP contribution in [-0.4, -0.2) is 93.2 Å². The van der Waals surface area contributed by atoms with Crippen LogP contribution in [0.5, 0.6) is 11.5 Å². The van der Waals surface area contributed by atoms with Gasteiger partial charge in [-0.25, -0.2) is 19.6 Å². The number of thiazole rings is 1. The third kappa shape index (κ3) is 8.12. The lowest BCUT2D eigenvalue weighted by Gasteiger charge is -2.35. The van der Waals surface area contributed by atoms with Gasteiger partial charge in [0.2, 0.25) is 17.7 Å². The largest absolute Gasteiger partial charge is 0.497 e. The first kappa shape index (κ1) is 38.5. The molecule has 16 heteroatoms. The SMILES string of the molecule is C=C[C@@H]1C[C@]1(NC(=O)[C@@H]1C[C@@H](Oc2cc(-c3nc(NC(C)=O)cs3)nc3cc(OC)ccc23)CN1C(=O)[C@@H](NC(=O)OC1CCCC1)C(C)(C)C)C(=O)O. The van der Waals surface area contributed by atoms with E-state index in [4.69, 9.17) is 19.2 Å². The van der Waals surface area contributed by atoms with E-state index in [1.54, 1.807) is 57.5 Å². The Morgan fingerprint density at radius 1 is 1.11 bits per heavy atom. The van der Waals surface area contributed by atoms with E-state index < -0.39 is 58.9 Å². The molecule has 3 heterocycles. The fraction of sp³-hybridized carbons (Fsp3) is 0.500. The molecule has 3 aromatic rings. The smallest absolute Gasteiger partial charge is 0.408 e. The Balaban J connectivity index is 1.33. The van der Waals surface area contributed by atoms with Gasteiger partial charge < -0.3 is 40.2 Å². The zero-order chi connectivity index (χ0) is 38.9. The summed E-state index contributed by atoms with van der Waals surface area (Å²) < 4.78 is 17.7. The van der Waals surface area contributed by atoms with Crippen molar-refractivity contribution in [2.45, 2.75) is 96.1 Å². The van der Waals surface area contributed by atoms with Crippen molar-refractivity contribution < 1.29 is 43.3 Å². The number of nitrogens with zero attached hydrogens (tertiary/aromatic N) is 3. The van der Waals surface area contributed by atoms with E-state index in [0.717, 1.165) is 25.7 Å². The minimum atomic E-state index is -1.53. The fourth-order valence-corrected chi connectivity index (χ4v) is 7.85. The normalized spacial score (nSPS) is 23.0. The van der Waals surface area contributed by atoms with E-state index in [0.29, 0.717) is 38.9 Å². The van der Waals surface area contributed by atoms with Gasteiger partial charge in [0.25, 0.3) is 0 Å². The molecular formula is C38H46N6O9S. The van der Waals surface area contributed by atoms with Crippen molar-refractivity contribution in [3.05, 3.63) is 42.3 Å². The van der Waals surface area contributed by atoms with Crippen molar-refractivity contribution in [2.24, 2.45) is 11.3 Å². The van der Waals surface area contributed by atoms with Gasteiger partial charge in [-0.2, -0.15) is 0 Å². The highest BCUT2D eigenvalue weighted by atomic mass is 32.1. The molecule has 0 spiro atoms. The molecule has 6 rings (SSSR count). The third-order valence-electron chi connectivity index (χ3n) is 10.1. The summed E-state index contributed by atoms with van der Waals surface area (Å²) in [6.07, 6.45) is 3.44. The molecule has 1 aromatic carbocycles.